The zero-order valence-corrected chi connectivity index (χ0v) is 16.2. The second-order valence-electron chi connectivity index (χ2n) is 6.87. The fourth-order valence-corrected chi connectivity index (χ4v) is 4.37. The summed E-state index contributed by atoms with van der Waals surface area (Å²) in [4.78, 5) is 12.3. The molecule has 0 atom stereocenters. The third kappa shape index (κ3) is 4.73. The number of carbonyl (C=O) groups excluding carboxylic acids is 1. The minimum Gasteiger partial charge on any atom is -0.495 e. The van der Waals surface area contributed by atoms with Gasteiger partial charge in [0.1, 0.15) is 10.6 Å². The maximum atomic E-state index is 12.9. The van der Waals surface area contributed by atoms with Crippen LogP contribution < -0.4 is 10.1 Å². The van der Waals surface area contributed by atoms with E-state index in [1.807, 2.05) is 19.9 Å². The number of nitrogens with zero attached hydrogens (tertiary/aromatic N) is 1. The molecule has 2 rings (SSSR count). The van der Waals surface area contributed by atoms with Crippen LogP contribution in [0.1, 0.15) is 51.0 Å². The molecule has 1 aliphatic carbocycles. The standard InChI is InChI=1S/C18H28N2O4S/c1-13(2)14-9-10-16(24-4)17(11-14)25(22,23)20(3)12-18(21)19-15-7-5-6-8-15/h9-11,13,15H,5-8,12H2,1-4H3,(H,19,21). The van der Waals surface area contributed by atoms with Gasteiger partial charge in [-0.05, 0) is 36.5 Å². The van der Waals surface area contributed by atoms with Gasteiger partial charge in [0.05, 0.1) is 13.7 Å². The summed E-state index contributed by atoms with van der Waals surface area (Å²) in [5.41, 5.74) is 0.906. The van der Waals surface area contributed by atoms with Crippen molar-refractivity contribution in [2.24, 2.45) is 0 Å². The average molecular weight is 368 g/mol. The molecule has 1 aliphatic rings. The molecule has 1 aromatic carbocycles. The van der Waals surface area contributed by atoms with Gasteiger partial charge in [0.2, 0.25) is 15.9 Å². The molecule has 0 heterocycles. The fourth-order valence-electron chi connectivity index (χ4n) is 3.05. The Morgan fingerprint density at radius 2 is 1.96 bits per heavy atom. The van der Waals surface area contributed by atoms with Crippen LogP contribution in [0.2, 0.25) is 0 Å². The summed E-state index contributed by atoms with van der Waals surface area (Å²) >= 11 is 0. The Balaban J connectivity index is 2.18. The number of methoxy groups -OCH3 is 1. The molecule has 0 bridgehead atoms. The van der Waals surface area contributed by atoms with E-state index in [0.717, 1.165) is 35.6 Å². The topological polar surface area (TPSA) is 75.7 Å². The van der Waals surface area contributed by atoms with Crippen LogP contribution in [0.25, 0.3) is 0 Å². The number of benzene rings is 1. The first kappa shape index (κ1) is 19.7. The van der Waals surface area contributed by atoms with Crippen LogP contribution in [-0.4, -0.2) is 45.4 Å². The molecule has 1 amide bonds. The van der Waals surface area contributed by atoms with Gasteiger partial charge in [0.15, 0.2) is 0 Å². The van der Waals surface area contributed by atoms with E-state index >= 15 is 0 Å². The third-order valence-electron chi connectivity index (χ3n) is 4.63. The highest BCUT2D eigenvalue weighted by Crippen LogP contribution is 2.29. The molecule has 1 fully saturated rings. The summed E-state index contributed by atoms with van der Waals surface area (Å²) in [6.07, 6.45) is 4.15. The van der Waals surface area contributed by atoms with Crippen molar-refractivity contribution in [3.63, 3.8) is 0 Å². The van der Waals surface area contributed by atoms with E-state index in [1.54, 1.807) is 12.1 Å². The Morgan fingerprint density at radius 3 is 2.52 bits per heavy atom. The van der Waals surface area contributed by atoms with Gasteiger partial charge in [-0.2, -0.15) is 4.31 Å². The van der Waals surface area contributed by atoms with Crippen LogP contribution in [0.15, 0.2) is 23.1 Å². The summed E-state index contributed by atoms with van der Waals surface area (Å²) < 4.78 is 32.2. The van der Waals surface area contributed by atoms with Crippen LogP contribution in [0, 0.1) is 0 Å². The van der Waals surface area contributed by atoms with Crippen LogP contribution in [-0.2, 0) is 14.8 Å². The van der Waals surface area contributed by atoms with Crippen molar-refractivity contribution in [3.8, 4) is 5.75 Å². The molecular formula is C18H28N2O4S. The highest BCUT2D eigenvalue weighted by molar-refractivity contribution is 7.89. The van der Waals surface area contributed by atoms with Gasteiger partial charge in [0.25, 0.3) is 0 Å². The summed E-state index contributed by atoms with van der Waals surface area (Å²) in [5, 5.41) is 2.92. The summed E-state index contributed by atoms with van der Waals surface area (Å²) in [5.74, 6) is 0.209. The number of rotatable bonds is 7. The first-order valence-corrected chi connectivity index (χ1v) is 10.1. The Labute approximate surface area is 150 Å². The SMILES string of the molecule is COc1ccc(C(C)C)cc1S(=O)(=O)N(C)CC(=O)NC1CCCC1. The Morgan fingerprint density at radius 1 is 1.32 bits per heavy atom. The molecule has 0 radical (unpaired) electrons. The van der Waals surface area contributed by atoms with E-state index in [4.69, 9.17) is 4.74 Å². The number of ether oxygens (including phenoxy) is 1. The predicted molar refractivity (Wildman–Crippen MR) is 97.3 cm³/mol. The lowest BCUT2D eigenvalue weighted by atomic mass is 10.0. The van der Waals surface area contributed by atoms with Crippen molar-refractivity contribution in [1.82, 2.24) is 9.62 Å². The van der Waals surface area contributed by atoms with Crippen molar-refractivity contribution < 1.29 is 17.9 Å². The first-order chi connectivity index (χ1) is 11.8. The van der Waals surface area contributed by atoms with E-state index in [9.17, 15) is 13.2 Å². The fraction of sp³-hybridized carbons (Fsp3) is 0.611. The summed E-state index contributed by atoms with van der Waals surface area (Å²) in [6, 6.07) is 5.32. The summed E-state index contributed by atoms with van der Waals surface area (Å²) in [6.45, 7) is 3.79. The molecule has 0 spiro atoms. The Bertz CT molecular complexity index is 710. The van der Waals surface area contributed by atoms with Gasteiger partial charge in [-0.3, -0.25) is 4.79 Å². The third-order valence-corrected chi connectivity index (χ3v) is 6.45. The predicted octanol–water partition coefficient (Wildman–Crippen LogP) is 2.50. The molecule has 1 saturated carbocycles. The zero-order valence-electron chi connectivity index (χ0n) is 15.4. The van der Waals surface area contributed by atoms with Crippen LogP contribution in [0.4, 0.5) is 0 Å². The van der Waals surface area contributed by atoms with E-state index < -0.39 is 10.0 Å². The lowest BCUT2D eigenvalue weighted by Crippen LogP contribution is -2.41. The van der Waals surface area contributed by atoms with E-state index in [2.05, 4.69) is 5.32 Å². The highest BCUT2D eigenvalue weighted by atomic mass is 32.2. The second-order valence-corrected chi connectivity index (χ2v) is 8.89. The zero-order chi connectivity index (χ0) is 18.6. The molecular weight excluding hydrogens is 340 g/mol. The molecule has 7 heteroatoms. The maximum Gasteiger partial charge on any atom is 0.246 e. The highest BCUT2D eigenvalue weighted by Gasteiger charge is 2.28. The Kier molecular flexibility index (Phi) is 6.46. The average Bonchev–Trinajstić information content (AvgIpc) is 3.06. The molecule has 0 aliphatic heterocycles. The number of hydrogen-bond donors (Lipinski definition) is 1. The van der Waals surface area contributed by atoms with Gasteiger partial charge >= 0.3 is 0 Å². The quantitative estimate of drug-likeness (QED) is 0.802. The minimum atomic E-state index is -3.82. The largest absolute Gasteiger partial charge is 0.495 e. The monoisotopic (exact) mass is 368 g/mol. The number of hydrogen-bond acceptors (Lipinski definition) is 4. The first-order valence-electron chi connectivity index (χ1n) is 8.69. The van der Waals surface area contributed by atoms with Crippen LogP contribution >= 0.6 is 0 Å². The molecule has 1 aromatic rings. The van der Waals surface area contributed by atoms with Gasteiger partial charge in [-0.1, -0.05) is 32.8 Å². The minimum absolute atomic E-state index is 0.0948. The van der Waals surface area contributed by atoms with Crippen molar-refractivity contribution in [2.75, 3.05) is 20.7 Å². The van der Waals surface area contributed by atoms with Gasteiger partial charge < -0.3 is 10.1 Å². The van der Waals surface area contributed by atoms with Gasteiger partial charge in [-0.25, -0.2) is 8.42 Å². The maximum absolute atomic E-state index is 12.9. The van der Waals surface area contributed by atoms with E-state index in [-0.39, 0.29) is 35.1 Å². The number of amides is 1. The molecule has 25 heavy (non-hydrogen) atoms. The van der Waals surface area contributed by atoms with Crippen LogP contribution in [0.5, 0.6) is 5.75 Å². The van der Waals surface area contributed by atoms with Crippen molar-refractivity contribution in [1.29, 1.82) is 0 Å². The molecule has 0 aromatic heterocycles. The number of carbonyl (C=O) groups is 1. The van der Waals surface area contributed by atoms with E-state index in [1.165, 1.54) is 14.2 Å². The smallest absolute Gasteiger partial charge is 0.246 e. The molecule has 0 saturated heterocycles. The number of sulfonamides is 1. The van der Waals surface area contributed by atoms with Gasteiger partial charge in [0, 0.05) is 13.1 Å². The molecule has 140 valence electrons. The molecule has 6 nitrogen and oxygen atoms in total. The molecule has 0 unspecified atom stereocenters. The normalized spacial score (nSPS) is 15.8. The lowest BCUT2D eigenvalue weighted by Gasteiger charge is -2.21. The van der Waals surface area contributed by atoms with Crippen molar-refractivity contribution in [3.05, 3.63) is 23.8 Å². The number of nitrogens with one attached hydrogen (secondary N) is 1. The Hall–Kier alpha value is -1.60. The van der Waals surface area contributed by atoms with Crippen molar-refractivity contribution >= 4 is 15.9 Å². The van der Waals surface area contributed by atoms with Gasteiger partial charge in [-0.15, -0.1) is 0 Å². The van der Waals surface area contributed by atoms with Crippen LogP contribution in [0.3, 0.4) is 0 Å². The molecule has 1 N–H and O–H groups in total. The van der Waals surface area contributed by atoms with E-state index in [0.29, 0.717) is 0 Å². The summed E-state index contributed by atoms with van der Waals surface area (Å²) in [7, 11) is -0.957. The van der Waals surface area contributed by atoms with Crippen molar-refractivity contribution in [2.45, 2.75) is 56.4 Å². The second kappa shape index (κ2) is 8.19. The lowest BCUT2D eigenvalue weighted by molar-refractivity contribution is -0.121. The number of likely N-dealkylation sites (N-methyl/N-ethyl adjacent to an activating group) is 1.